The maximum absolute atomic E-state index is 13.3. The highest BCUT2D eigenvalue weighted by molar-refractivity contribution is 5.75. The average molecular weight is 213 g/mol. The Hall–Kier alpha value is -1.82. The smallest absolute Gasteiger partial charge is 0.325 e. The Morgan fingerprint density at radius 1 is 1.53 bits per heavy atom. The lowest BCUT2D eigenvalue weighted by Gasteiger charge is -2.07. The van der Waals surface area contributed by atoms with Gasteiger partial charge < -0.3 is 20.3 Å². The topological polar surface area (TPSA) is 81.8 Å². The molecule has 0 aromatic heterocycles. The third-order valence-corrected chi connectivity index (χ3v) is 2.07. The Bertz CT molecular complexity index is 421. The van der Waals surface area contributed by atoms with Crippen molar-refractivity contribution in [2.45, 2.75) is 6.04 Å². The van der Waals surface area contributed by atoms with Gasteiger partial charge in [-0.15, -0.1) is 0 Å². The molecule has 15 heavy (non-hydrogen) atoms. The van der Waals surface area contributed by atoms with Crippen LogP contribution in [0.2, 0.25) is 0 Å². The van der Waals surface area contributed by atoms with E-state index in [4.69, 9.17) is 20.3 Å². The van der Waals surface area contributed by atoms with Crippen LogP contribution in [-0.2, 0) is 4.79 Å². The van der Waals surface area contributed by atoms with E-state index in [0.29, 0.717) is 0 Å². The Balaban J connectivity index is 2.43. The van der Waals surface area contributed by atoms with Crippen LogP contribution in [0.1, 0.15) is 11.6 Å². The maximum Gasteiger partial charge on any atom is 0.325 e. The molecule has 1 atom stereocenters. The minimum Gasteiger partial charge on any atom is -0.480 e. The number of hydrogen-bond acceptors (Lipinski definition) is 4. The highest BCUT2D eigenvalue weighted by Crippen LogP contribution is 2.36. The van der Waals surface area contributed by atoms with Crippen LogP contribution in [0.4, 0.5) is 4.39 Å². The normalized spacial score (nSPS) is 15.1. The third kappa shape index (κ3) is 1.59. The van der Waals surface area contributed by atoms with Crippen molar-refractivity contribution in [2.75, 3.05) is 6.79 Å². The van der Waals surface area contributed by atoms with Crippen molar-refractivity contribution in [1.82, 2.24) is 0 Å². The van der Waals surface area contributed by atoms with E-state index in [-0.39, 0.29) is 23.9 Å². The molecule has 1 heterocycles. The lowest BCUT2D eigenvalue weighted by Crippen LogP contribution is -2.20. The molecule has 1 aromatic carbocycles. The fraction of sp³-hybridized carbons (Fsp3) is 0.222. The van der Waals surface area contributed by atoms with E-state index >= 15 is 0 Å². The number of benzene rings is 1. The van der Waals surface area contributed by atoms with E-state index in [9.17, 15) is 9.18 Å². The van der Waals surface area contributed by atoms with Gasteiger partial charge in [0.05, 0.1) is 0 Å². The van der Waals surface area contributed by atoms with Gasteiger partial charge in [0.25, 0.3) is 0 Å². The SMILES string of the molecule is NC(C(=O)O)c1cc(F)c2c(c1)OCO2. The Labute approximate surface area is 84.2 Å². The number of ether oxygens (including phenoxy) is 2. The molecule has 0 fully saturated rings. The largest absolute Gasteiger partial charge is 0.480 e. The Morgan fingerprint density at radius 3 is 2.93 bits per heavy atom. The average Bonchev–Trinajstić information content (AvgIpc) is 2.64. The number of carboxylic acid groups (broad SMARTS) is 1. The van der Waals surface area contributed by atoms with Crippen molar-refractivity contribution in [3.05, 3.63) is 23.5 Å². The second kappa shape index (κ2) is 3.39. The molecule has 1 unspecified atom stereocenters. The molecule has 0 radical (unpaired) electrons. The van der Waals surface area contributed by atoms with Crippen molar-refractivity contribution in [2.24, 2.45) is 5.73 Å². The molecule has 1 aromatic rings. The first-order valence-electron chi connectivity index (χ1n) is 4.17. The number of hydrogen-bond donors (Lipinski definition) is 2. The number of carbonyl (C=O) groups is 1. The fourth-order valence-electron chi connectivity index (χ4n) is 1.31. The van der Waals surface area contributed by atoms with Crippen LogP contribution in [-0.4, -0.2) is 17.9 Å². The van der Waals surface area contributed by atoms with Gasteiger partial charge in [-0.05, 0) is 17.7 Å². The van der Waals surface area contributed by atoms with Crippen LogP contribution in [0.5, 0.6) is 11.5 Å². The molecule has 6 heteroatoms. The molecule has 0 saturated carbocycles. The van der Waals surface area contributed by atoms with E-state index in [1.165, 1.54) is 6.07 Å². The highest BCUT2D eigenvalue weighted by Gasteiger charge is 2.23. The van der Waals surface area contributed by atoms with Crippen molar-refractivity contribution in [1.29, 1.82) is 0 Å². The summed E-state index contributed by atoms with van der Waals surface area (Å²) in [4.78, 5) is 10.6. The summed E-state index contributed by atoms with van der Waals surface area (Å²) in [6.45, 7) is -0.0714. The molecule has 0 saturated heterocycles. The van der Waals surface area contributed by atoms with Crippen LogP contribution < -0.4 is 15.2 Å². The van der Waals surface area contributed by atoms with Crippen molar-refractivity contribution < 1.29 is 23.8 Å². The zero-order valence-corrected chi connectivity index (χ0v) is 7.57. The monoisotopic (exact) mass is 213 g/mol. The number of rotatable bonds is 2. The van der Waals surface area contributed by atoms with Crippen molar-refractivity contribution >= 4 is 5.97 Å². The van der Waals surface area contributed by atoms with E-state index in [1.807, 2.05) is 0 Å². The molecule has 1 aliphatic rings. The molecule has 0 aliphatic carbocycles. The molecule has 0 spiro atoms. The van der Waals surface area contributed by atoms with Gasteiger partial charge in [0.15, 0.2) is 11.6 Å². The van der Waals surface area contributed by atoms with Gasteiger partial charge in [0, 0.05) is 0 Å². The number of aliphatic carboxylic acids is 1. The molecular weight excluding hydrogens is 205 g/mol. The third-order valence-electron chi connectivity index (χ3n) is 2.07. The Morgan fingerprint density at radius 2 is 2.27 bits per heavy atom. The van der Waals surface area contributed by atoms with E-state index in [2.05, 4.69) is 0 Å². The molecule has 80 valence electrons. The predicted octanol–water partition coefficient (Wildman–Crippen LogP) is 0.639. The summed E-state index contributed by atoms with van der Waals surface area (Å²) in [5.41, 5.74) is 5.48. The standard InChI is InChI=1S/C9H8FNO4/c10-5-1-4(7(11)9(12)13)2-6-8(5)15-3-14-6/h1-2,7H,3,11H2,(H,12,13). The first-order chi connectivity index (χ1) is 7.09. The van der Waals surface area contributed by atoms with Crippen LogP contribution in [0.25, 0.3) is 0 Å². The summed E-state index contributed by atoms with van der Waals surface area (Å²) in [6.07, 6.45) is 0. The number of carboxylic acids is 1. The van der Waals surface area contributed by atoms with Gasteiger partial charge in [-0.1, -0.05) is 0 Å². The van der Waals surface area contributed by atoms with Gasteiger partial charge in [-0.2, -0.15) is 0 Å². The summed E-state index contributed by atoms with van der Waals surface area (Å²) < 4.78 is 23.1. The second-order valence-corrected chi connectivity index (χ2v) is 3.05. The number of nitrogens with two attached hydrogens (primary N) is 1. The molecular formula is C9H8FNO4. The number of fused-ring (bicyclic) bond motifs is 1. The molecule has 1 aliphatic heterocycles. The first kappa shape index (κ1) is 9.72. The van der Waals surface area contributed by atoms with Gasteiger partial charge in [-0.25, -0.2) is 4.39 Å². The van der Waals surface area contributed by atoms with E-state index < -0.39 is 17.8 Å². The minimum absolute atomic E-state index is 0.00339. The fourth-order valence-corrected chi connectivity index (χ4v) is 1.31. The first-order valence-corrected chi connectivity index (χ1v) is 4.17. The van der Waals surface area contributed by atoms with Crippen molar-refractivity contribution in [3.63, 3.8) is 0 Å². The second-order valence-electron chi connectivity index (χ2n) is 3.05. The van der Waals surface area contributed by atoms with Crippen molar-refractivity contribution in [3.8, 4) is 11.5 Å². The number of halogens is 1. The van der Waals surface area contributed by atoms with E-state index in [1.54, 1.807) is 0 Å². The molecule has 2 rings (SSSR count). The summed E-state index contributed by atoms with van der Waals surface area (Å²) >= 11 is 0. The zero-order chi connectivity index (χ0) is 11.0. The summed E-state index contributed by atoms with van der Waals surface area (Å²) in [7, 11) is 0. The molecule has 0 bridgehead atoms. The molecule has 3 N–H and O–H groups in total. The maximum atomic E-state index is 13.3. The van der Waals surface area contributed by atoms with E-state index in [0.717, 1.165) is 6.07 Å². The van der Waals surface area contributed by atoms with Crippen LogP contribution in [0.15, 0.2) is 12.1 Å². The Kier molecular flexibility index (Phi) is 2.20. The van der Waals surface area contributed by atoms with Gasteiger partial charge >= 0.3 is 5.97 Å². The van der Waals surface area contributed by atoms with Gasteiger partial charge in [-0.3, -0.25) is 4.79 Å². The summed E-state index contributed by atoms with van der Waals surface area (Å²) in [5.74, 6) is -1.72. The lowest BCUT2D eigenvalue weighted by atomic mass is 10.1. The molecule has 0 amide bonds. The van der Waals surface area contributed by atoms with Crippen LogP contribution in [0.3, 0.4) is 0 Å². The quantitative estimate of drug-likeness (QED) is 0.753. The zero-order valence-electron chi connectivity index (χ0n) is 7.57. The summed E-state index contributed by atoms with van der Waals surface area (Å²) in [6, 6.07) is 1.13. The van der Waals surface area contributed by atoms with Crippen LogP contribution in [0, 0.1) is 5.82 Å². The van der Waals surface area contributed by atoms with Crippen LogP contribution >= 0.6 is 0 Å². The predicted molar refractivity (Wildman–Crippen MR) is 47.1 cm³/mol. The van der Waals surface area contributed by atoms with Gasteiger partial charge in [0.2, 0.25) is 12.5 Å². The van der Waals surface area contributed by atoms with Gasteiger partial charge in [0.1, 0.15) is 6.04 Å². The highest BCUT2D eigenvalue weighted by atomic mass is 19.1. The minimum atomic E-state index is -1.27. The lowest BCUT2D eigenvalue weighted by molar-refractivity contribution is -0.138. The molecule has 5 nitrogen and oxygen atoms in total. The summed E-state index contributed by atoms with van der Waals surface area (Å²) in [5, 5.41) is 8.66.